The first kappa shape index (κ1) is 30.9. The van der Waals surface area contributed by atoms with Crippen LogP contribution in [-0.4, -0.2) is 15.5 Å². The fourth-order valence-corrected chi connectivity index (χ4v) is 7.75. The maximum absolute atomic E-state index is 13.1. The smallest absolute Gasteiger partial charge is 0.256 e. The molecule has 5 aromatic carbocycles. The van der Waals surface area contributed by atoms with Gasteiger partial charge in [-0.05, 0) is 73.4 Å². The number of thiophene rings is 1. The number of nitrogens with one attached hydrogen (secondary N) is 1. The lowest BCUT2D eigenvalue weighted by Crippen LogP contribution is -2.12. The summed E-state index contributed by atoms with van der Waals surface area (Å²) in [5.41, 5.74) is 7.04. The largest absolute Gasteiger partial charge is 0.322 e. The quantitative estimate of drug-likeness (QED) is 0.114. The van der Waals surface area contributed by atoms with Crippen LogP contribution >= 0.6 is 11.3 Å². The molecule has 0 aliphatic rings. The van der Waals surface area contributed by atoms with E-state index in [1.807, 2.05) is 32.0 Å². The van der Waals surface area contributed by atoms with Crippen LogP contribution in [0.2, 0.25) is 0 Å². The number of amides is 1. The Morgan fingerprint density at radius 3 is 2.06 bits per heavy atom. The second kappa shape index (κ2) is 13.5. The number of rotatable bonds is 11. The van der Waals surface area contributed by atoms with Crippen molar-refractivity contribution >= 4 is 55.5 Å². The van der Waals surface area contributed by atoms with Crippen molar-refractivity contribution in [2.24, 2.45) is 0 Å². The fourth-order valence-electron chi connectivity index (χ4n) is 6.83. The number of aryl methyl sites for hydroxylation is 3. The van der Waals surface area contributed by atoms with E-state index in [1.165, 1.54) is 60.2 Å². The van der Waals surface area contributed by atoms with Crippen LogP contribution in [-0.2, 0) is 6.42 Å². The Morgan fingerprint density at radius 2 is 1.38 bits per heavy atom. The van der Waals surface area contributed by atoms with Crippen LogP contribution in [0.25, 0.3) is 49.7 Å². The summed E-state index contributed by atoms with van der Waals surface area (Å²) in [6, 6.07) is 36.3. The lowest BCUT2D eigenvalue weighted by atomic mass is 10.00. The van der Waals surface area contributed by atoms with Crippen molar-refractivity contribution < 1.29 is 4.79 Å². The Bertz CT molecular complexity index is 2190. The highest BCUT2D eigenvalue weighted by Gasteiger charge is 2.20. The predicted molar refractivity (Wildman–Crippen MR) is 200 cm³/mol. The van der Waals surface area contributed by atoms with Crippen molar-refractivity contribution in [2.45, 2.75) is 65.7 Å². The summed E-state index contributed by atoms with van der Waals surface area (Å²) >= 11 is 1.65. The first-order valence-electron chi connectivity index (χ1n) is 16.9. The van der Waals surface area contributed by atoms with E-state index in [4.69, 9.17) is 4.98 Å². The number of imidazole rings is 1. The van der Waals surface area contributed by atoms with E-state index in [0.717, 1.165) is 60.9 Å². The van der Waals surface area contributed by atoms with Gasteiger partial charge in [-0.25, -0.2) is 4.98 Å². The second-order valence-electron chi connectivity index (χ2n) is 12.6. The Hall–Kier alpha value is -4.74. The van der Waals surface area contributed by atoms with E-state index in [-0.39, 0.29) is 5.91 Å². The minimum Gasteiger partial charge on any atom is -0.322 e. The Labute approximate surface area is 281 Å². The van der Waals surface area contributed by atoms with Crippen molar-refractivity contribution in [1.29, 1.82) is 0 Å². The van der Waals surface area contributed by atoms with Crippen molar-refractivity contribution in [1.82, 2.24) is 9.55 Å². The molecule has 1 N–H and O–H groups in total. The van der Waals surface area contributed by atoms with Gasteiger partial charge in [0.1, 0.15) is 5.82 Å². The van der Waals surface area contributed by atoms with Gasteiger partial charge >= 0.3 is 0 Å². The zero-order valence-corrected chi connectivity index (χ0v) is 28.3. The van der Waals surface area contributed by atoms with Crippen LogP contribution in [0.15, 0.2) is 103 Å². The molecular formula is C42H41N3OS. The van der Waals surface area contributed by atoms with Crippen molar-refractivity contribution in [3.05, 3.63) is 124 Å². The number of unbranched alkanes of at least 4 members (excludes halogenated alkanes) is 5. The number of aromatic nitrogens is 2. The summed E-state index contributed by atoms with van der Waals surface area (Å²) in [6.45, 7) is 6.30. The molecule has 0 bridgehead atoms. The molecule has 236 valence electrons. The van der Waals surface area contributed by atoms with E-state index in [9.17, 15) is 4.79 Å². The molecule has 1 amide bonds. The van der Waals surface area contributed by atoms with Gasteiger partial charge in [-0.15, -0.1) is 11.3 Å². The molecule has 2 aromatic heterocycles. The SMILES string of the molecule is CCCCCCCCc1ccc(-c2nc3c4ccccc4c4ccccc4c3n2-c2ccc(NC(=O)c3cc(C)sc3C)cc2)cc1. The molecule has 0 saturated carbocycles. The molecule has 0 atom stereocenters. The van der Waals surface area contributed by atoms with Gasteiger partial charge in [0.25, 0.3) is 5.91 Å². The Kier molecular flexibility index (Phi) is 8.90. The van der Waals surface area contributed by atoms with Gasteiger partial charge in [0, 0.05) is 37.5 Å². The zero-order chi connectivity index (χ0) is 32.3. The number of hydrogen-bond donors (Lipinski definition) is 1. The van der Waals surface area contributed by atoms with Gasteiger partial charge in [-0.1, -0.05) is 112 Å². The maximum Gasteiger partial charge on any atom is 0.256 e. The zero-order valence-electron chi connectivity index (χ0n) is 27.5. The van der Waals surface area contributed by atoms with E-state index in [0.29, 0.717) is 0 Å². The van der Waals surface area contributed by atoms with Crippen LogP contribution in [0, 0.1) is 13.8 Å². The summed E-state index contributed by atoms with van der Waals surface area (Å²) in [6.07, 6.45) is 8.92. The van der Waals surface area contributed by atoms with Crippen molar-refractivity contribution in [3.8, 4) is 17.1 Å². The third-order valence-electron chi connectivity index (χ3n) is 9.23. The highest BCUT2D eigenvalue weighted by atomic mass is 32.1. The summed E-state index contributed by atoms with van der Waals surface area (Å²) < 4.78 is 2.30. The van der Waals surface area contributed by atoms with E-state index in [1.54, 1.807) is 11.3 Å². The first-order valence-corrected chi connectivity index (χ1v) is 17.7. The molecule has 0 unspecified atom stereocenters. The predicted octanol–water partition coefficient (Wildman–Crippen LogP) is 11.8. The number of benzene rings is 5. The standard InChI is InChI=1S/C42H41N3OS/c1-4-5-6-7-8-9-14-30-19-21-31(22-20-30)41-44-39-36-17-12-10-15-34(36)35-16-11-13-18-37(35)40(39)45(41)33-25-23-32(24-26-33)43-42(46)38-27-28(2)47-29(38)3/h10-13,15-27H,4-9,14H2,1-3H3,(H,43,46). The minimum atomic E-state index is -0.0770. The third kappa shape index (κ3) is 6.20. The third-order valence-corrected chi connectivity index (χ3v) is 10.2. The highest BCUT2D eigenvalue weighted by molar-refractivity contribution is 7.12. The average Bonchev–Trinajstić information content (AvgIpc) is 3.67. The van der Waals surface area contributed by atoms with Crippen LogP contribution in [0.1, 0.15) is 71.1 Å². The van der Waals surface area contributed by atoms with Crippen LogP contribution in [0.3, 0.4) is 0 Å². The number of anilines is 1. The molecule has 0 aliphatic heterocycles. The van der Waals surface area contributed by atoms with Crippen molar-refractivity contribution in [3.63, 3.8) is 0 Å². The van der Waals surface area contributed by atoms with Crippen molar-refractivity contribution in [2.75, 3.05) is 5.32 Å². The molecule has 0 radical (unpaired) electrons. The van der Waals surface area contributed by atoms with E-state index >= 15 is 0 Å². The van der Waals surface area contributed by atoms with Crippen LogP contribution in [0.4, 0.5) is 5.69 Å². The number of fused-ring (bicyclic) bond motifs is 6. The summed E-state index contributed by atoms with van der Waals surface area (Å²) in [7, 11) is 0. The molecule has 0 fully saturated rings. The molecule has 2 heterocycles. The average molecular weight is 636 g/mol. The van der Waals surface area contributed by atoms with Gasteiger partial charge < -0.3 is 5.32 Å². The van der Waals surface area contributed by atoms with Gasteiger partial charge in [0.15, 0.2) is 0 Å². The van der Waals surface area contributed by atoms with Crippen LogP contribution < -0.4 is 5.32 Å². The Morgan fingerprint density at radius 1 is 0.745 bits per heavy atom. The first-order chi connectivity index (χ1) is 23.0. The lowest BCUT2D eigenvalue weighted by molar-refractivity contribution is 0.102. The number of carbonyl (C=O) groups excluding carboxylic acids is 1. The normalized spacial score (nSPS) is 11.6. The summed E-state index contributed by atoms with van der Waals surface area (Å²) in [4.78, 5) is 20.6. The molecule has 47 heavy (non-hydrogen) atoms. The molecule has 4 nitrogen and oxygen atoms in total. The number of hydrogen-bond acceptors (Lipinski definition) is 3. The highest BCUT2D eigenvalue weighted by Crippen LogP contribution is 2.39. The minimum absolute atomic E-state index is 0.0770. The monoisotopic (exact) mass is 635 g/mol. The number of nitrogens with zero attached hydrogens (tertiary/aromatic N) is 2. The molecule has 0 aliphatic carbocycles. The summed E-state index contributed by atoms with van der Waals surface area (Å²) in [5, 5.41) is 7.83. The molecular weight excluding hydrogens is 595 g/mol. The maximum atomic E-state index is 13.1. The number of carbonyl (C=O) groups is 1. The van der Waals surface area contributed by atoms with Gasteiger partial charge in [-0.2, -0.15) is 0 Å². The lowest BCUT2D eigenvalue weighted by Gasteiger charge is -2.14. The molecule has 7 rings (SSSR count). The summed E-state index contributed by atoms with van der Waals surface area (Å²) in [5.74, 6) is 0.834. The molecule has 5 heteroatoms. The second-order valence-corrected chi connectivity index (χ2v) is 14.1. The molecule has 7 aromatic rings. The topological polar surface area (TPSA) is 46.9 Å². The molecule has 0 spiro atoms. The van der Waals surface area contributed by atoms with E-state index in [2.05, 4.69) is 102 Å². The molecule has 0 saturated heterocycles. The van der Waals surface area contributed by atoms with Gasteiger partial charge in [0.05, 0.1) is 16.6 Å². The van der Waals surface area contributed by atoms with E-state index < -0.39 is 0 Å². The Balaban J connectivity index is 1.30. The van der Waals surface area contributed by atoms with Crippen LogP contribution in [0.5, 0.6) is 0 Å². The van der Waals surface area contributed by atoms with Gasteiger partial charge in [0.2, 0.25) is 0 Å². The fraction of sp³-hybridized carbons (Fsp3) is 0.238. The van der Waals surface area contributed by atoms with Gasteiger partial charge in [-0.3, -0.25) is 9.36 Å².